The van der Waals surface area contributed by atoms with Crippen LogP contribution in [0.3, 0.4) is 0 Å². The Bertz CT molecular complexity index is 1300. The van der Waals surface area contributed by atoms with Crippen molar-refractivity contribution in [2.24, 2.45) is 5.10 Å². The number of carbonyl (C=O) groups is 1. The quantitative estimate of drug-likeness (QED) is 0.260. The molecule has 0 saturated heterocycles. The molecule has 2 heterocycles. The molecular formula is C23H25N9O3. The van der Waals surface area contributed by atoms with Crippen molar-refractivity contribution in [3.8, 4) is 11.6 Å². The van der Waals surface area contributed by atoms with Crippen molar-refractivity contribution in [2.45, 2.75) is 19.9 Å². The monoisotopic (exact) mass is 475 g/mol. The highest BCUT2D eigenvalue weighted by atomic mass is 16.6. The number of nitrogens with zero attached hydrogens (tertiary/aromatic N) is 7. The van der Waals surface area contributed by atoms with Gasteiger partial charge in [-0.25, -0.2) is 10.1 Å². The summed E-state index contributed by atoms with van der Waals surface area (Å²) in [5, 5.41) is 19.6. The first-order chi connectivity index (χ1) is 17.1. The van der Waals surface area contributed by atoms with Crippen molar-refractivity contribution in [2.75, 3.05) is 24.3 Å². The van der Waals surface area contributed by atoms with E-state index in [4.69, 9.17) is 15.1 Å². The predicted molar refractivity (Wildman–Crippen MR) is 129 cm³/mol. The molecular weight excluding hydrogens is 450 g/mol. The van der Waals surface area contributed by atoms with Crippen LogP contribution >= 0.6 is 0 Å². The van der Waals surface area contributed by atoms with Crippen LogP contribution in [-0.2, 0) is 6.54 Å². The Hall–Kier alpha value is -4.74. The number of nitrogen functional groups attached to an aromatic ring is 1. The molecule has 0 aliphatic carbocycles. The maximum atomic E-state index is 13.0. The molecule has 0 saturated carbocycles. The zero-order chi connectivity index (χ0) is 24.6. The Kier molecular flexibility index (Phi) is 7.31. The van der Waals surface area contributed by atoms with Gasteiger partial charge in [-0.2, -0.15) is 9.78 Å². The molecule has 4 aromatic rings. The summed E-state index contributed by atoms with van der Waals surface area (Å²) < 4.78 is 11.7. The van der Waals surface area contributed by atoms with E-state index in [0.717, 1.165) is 23.4 Å². The molecule has 12 nitrogen and oxygen atoms in total. The van der Waals surface area contributed by atoms with Gasteiger partial charge in [0.2, 0.25) is 11.6 Å². The van der Waals surface area contributed by atoms with E-state index in [1.807, 2.05) is 73.5 Å². The predicted octanol–water partition coefficient (Wildman–Crippen LogP) is 2.42. The minimum absolute atomic E-state index is 0.0219. The fourth-order valence-electron chi connectivity index (χ4n) is 3.25. The van der Waals surface area contributed by atoms with E-state index in [2.05, 4.69) is 31.2 Å². The van der Waals surface area contributed by atoms with Gasteiger partial charge >= 0.3 is 0 Å². The van der Waals surface area contributed by atoms with Crippen LogP contribution in [0.25, 0.3) is 5.82 Å². The van der Waals surface area contributed by atoms with E-state index in [9.17, 15) is 4.79 Å². The average molecular weight is 476 g/mol. The van der Waals surface area contributed by atoms with E-state index < -0.39 is 5.91 Å². The molecule has 2 aromatic heterocycles. The van der Waals surface area contributed by atoms with Crippen LogP contribution in [0, 0.1) is 0 Å². The number of ether oxygens (including phenoxy) is 1. The smallest absolute Gasteiger partial charge is 0.293 e. The van der Waals surface area contributed by atoms with Gasteiger partial charge in [-0.05, 0) is 46.6 Å². The lowest BCUT2D eigenvalue weighted by Crippen LogP contribution is -2.24. The first-order valence-electron chi connectivity index (χ1n) is 10.9. The summed E-state index contributed by atoms with van der Waals surface area (Å²) in [6.07, 6.45) is 2.43. The van der Waals surface area contributed by atoms with Gasteiger partial charge in [0.05, 0.1) is 25.1 Å². The number of rotatable bonds is 10. The van der Waals surface area contributed by atoms with Gasteiger partial charge < -0.3 is 15.4 Å². The van der Waals surface area contributed by atoms with E-state index in [-0.39, 0.29) is 23.9 Å². The summed E-state index contributed by atoms with van der Waals surface area (Å²) in [5.74, 6) is 0.349. The number of carbonyl (C=O) groups excluding carboxylic acids is 1. The summed E-state index contributed by atoms with van der Waals surface area (Å²) in [6.45, 7) is 2.93. The summed E-state index contributed by atoms with van der Waals surface area (Å²) in [6, 6.07) is 17.1. The highest BCUT2D eigenvalue weighted by Gasteiger charge is 2.25. The van der Waals surface area contributed by atoms with Crippen LogP contribution in [0.1, 0.15) is 35.1 Å². The number of nitrogens with one attached hydrogen (secondary N) is 1. The molecule has 12 heteroatoms. The van der Waals surface area contributed by atoms with Gasteiger partial charge in [0, 0.05) is 12.7 Å². The molecule has 0 unspecified atom stereocenters. The van der Waals surface area contributed by atoms with Gasteiger partial charge in [0.25, 0.3) is 5.91 Å². The minimum Gasteiger partial charge on any atom is -0.494 e. The second kappa shape index (κ2) is 10.9. The fourth-order valence-corrected chi connectivity index (χ4v) is 3.25. The van der Waals surface area contributed by atoms with Crippen LogP contribution in [0.5, 0.6) is 5.75 Å². The number of para-hydroxylation sites is 1. The highest BCUT2D eigenvalue weighted by molar-refractivity contribution is 5.94. The molecule has 2 aromatic carbocycles. The maximum absolute atomic E-state index is 13.0. The Morgan fingerprint density at radius 1 is 1.23 bits per heavy atom. The lowest BCUT2D eigenvalue weighted by atomic mass is 10.2. The van der Waals surface area contributed by atoms with Crippen molar-refractivity contribution in [1.82, 2.24) is 30.7 Å². The lowest BCUT2D eigenvalue weighted by molar-refractivity contribution is 0.0949. The number of amides is 1. The third-order valence-electron chi connectivity index (χ3n) is 4.97. The molecule has 3 N–H and O–H groups in total. The number of aromatic nitrogens is 5. The molecule has 1 amide bonds. The fraction of sp³-hybridized carbons (Fsp3) is 0.217. The normalized spacial score (nSPS) is 11.0. The van der Waals surface area contributed by atoms with Gasteiger partial charge in [-0.15, -0.1) is 5.10 Å². The molecule has 0 atom stereocenters. The summed E-state index contributed by atoms with van der Waals surface area (Å²) >= 11 is 0. The second-order valence-electron chi connectivity index (χ2n) is 7.58. The Morgan fingerprint density at radius 3 is 2.80 bits per heavy atom. The zero-order valence-electron chi connectivity index (χ0n) is 19.3. The molecule has 0 aliphatic rings. The molecule has 0 fully saturated rings. The number of hydrazone groups is 1. The van der Waals surface area contributed by atoms with Crippen LogP contribution in [-0.4, -0.2) is 51.1 Å². The van der Waals surface area contributed by atoms with Crippen LogP contribution in [0.15, 0.2) is 64.3 Å². The standard InChI is InChI=1S/C23H25N9O3/c1-3-12-34-18-11-7-8-16(13-18)14-25-27-23(33)20-19(15-31(2)17-9-5-4-6-10-17)32(30-26-20)22-21(24)28-35-29-22/h4-11,13-14H,3,12,15H2,1-2H3,(H2,24,28)(H,27,33). The van der Waals surface area contributed by atoms with Crippen molar-refractivity contribution in [3.05, 3.63) is 71.5 Å². The van der Waals surface area contributed by atoms with E-state index in [1.54, 1.807) is 0 Å². The van der Waals surface area contributed by atoms with Gasteiger partial charge in [-0.3, -0.25) is 4.79 Å². The van der Waals surface area contributed by atoms with Crippen molar-refractivity contribution >= 4 is 23.6 Å². The molecule has 180 valence electrons. The summed E-state index contributed by atoms with van der Waals surface area (Å²) in [4.78, 5) is 14.9. The summed E-state index contributed by atoms with van der Waals surface area (Å²) in [7, 11) is 1.88. The molecule has 35 heavy (non-hydrogen) atoms. The van der Waals surface area contributed by atoms with Gasteiger partial charge in [-0.1, -0.05) is 42.5 Å². The highest BCUT2D eigenvalue weighted by Crippen LogP contribution is 2.20. The maximum Gasteiger partial charge on any atom is 0.293 e. The Labute approximate surface area is 201 Å². The number of benzene rings is 2. The lowest BCUT2D eigenvalue weighted by Gasteiger charge is -2.19. The SMILES string of the molecule is CCCOc1cccc(C=NNC(=O)c2nnn(-c3nonc3N)c2CN(C)c2ccccc2)c1. The first-order valence-corrected chi connectivity index (χ1v) is 10.9. The van der Waals surface area contributed by atoms with Crippen molar-refractivity contribution < 1.29 is 14.2 Å². The average Bonchev–Trinajstić information content (AvgIpc) is 3.49. The third kappa shape index (κ3) is 5.61. The number of hydrogen-bond acceptors (Lipinski definition) is 10. The van der Waals surface area contributed by atoms with Crippen LogP contribution in [0.2, 0.25) is 0 Å². The Morgan fingerprint density at radius 2 is 2.06 bits per heavy atom. The molecule has 0 bridgehead atoms. The van der Waals surface area contributed by atoms with Gasteiger partial charge in [0.1, 0.15) is 5.75 Å². The molecule has 0 radical (unpaired) electrons. The molecule has 0 spiro atoms. The van der Waals surface area contributed by atoms with Crippen LogP contribution in [0.4, 0.5) is 11.5 Å². The zero-order valence-corrected chi connectivity index (χ0v) is 19.3. The van der Waals surface area contributed by atoms with Crippen LogP contribution < -0.4 is 20.8 Å². The van der Waals surface area contributed by atoms with Gasteiger partial charge in [0.15, 0.2) is 5.69 Å². The van der Waals surface area contributed by atoms with Crippen molar-refractivity contribution in [3.63, 3.8) is 0 Å². The number of anilines is 2. The molecule has 4 rings (SSSR count). The minimum atomic E-state index is -0.544. The largest absolute Gasteiger partial charge is 0.494 e. The number of hydrogen-bond donors (Lipinski definition) is 2. The topological polar surface area (TPSA) is 150 Å². The summed E-state index contributed by atoms with van der Waals surface area (Å²) in [5.41, 5.74) is 10.6. The first kappa shape index (κ1) is 23.4. The second-order valence-corrected chi connectivity index (χ2v) is 7.58. The number of nitrogens with two attached hydrogens (primary N) is 1. The van der Waals surface area contributed by atoms with E-state index >= 15 is 0 Å². The van der Waals surface area contributed by atoms with E-state index in [0.29, 0.717) is 12.3 Å². The molecule has 0 aliphatic heterocycles. The third-order valence-corrected chi connectivity index (χ3v) is 4.97. The Balaban J connectivity index is 1.55. The van der Waals surface area contributed by atoms with E-state index in [1.165, 1.54) is 10.9 Å². The van der Waals surface area contributed by atoms with Crippen molar-refractivity contribution in [1.29, 1.82) is 0 Å².